The monoisotopic (exact) mass is 506 g/mol. The molecule has 23 heavy (non-hydrogen) atoms. The number of hydrogen-bond acceptors (Lipinski definition) is 4. The molecule has 2 N–H and O–H groups in total. The minimum Gasteiger partial charge on any atom is -0.352 e. The smallest absolute Gasteiger partial charge is 0.191 e. The van der Waals surface area contributed by atoms with Crippen molar-refractivity contribution >= 4 is 62.9 Å². The number of nitrogens with zero attached hydrogens (tertiary/aromatic N) is 4. The number of aliphatic imine (C=N–C) groups is 1. The molecule has 3 rings (SSSR count). The first-order chi connectivity index (χ1) is 10.8. The van der Waals surface area contributed by atoms with Crippen molar-refractivity contribution in [3.8, 4) is 0 Å². The summed E-state index contributed by atoms with van der Waals surface area (Å²) in [5, 5.41) is 14.8. The Morgan fingerprint density at radius 3 is 2.78 bits per heavy atom. The van der Waals surface area contributed by atoms with Crippen LogP contribution in [0.5, 0.6) is 0 Å². The summed E-state index contributed by atoms with van der Waals surface area (Å²) in [6.45, 7) is 1.29. The number of aromatic nitrogens is 3. The molecule has 0 saturated carbocycles. The van der Waals surface area contributed by atoms with Crippen molar-refractivity contribution in [1.29, 1.82) is 0 Å². The minimum atomic E-state index is 0. The van der Waals surface area contributed by atoms with Crippen LogP contribution in [0.3, 0.4) is 0 Å². The van der Waals surface area contributed by atoms with E-state index in [-0.39, 0.29) is 24.0 Å². The lowest BCUT2D eigenvalue weighted by Crippen LogP contribution is -2.36. The van der Waals surface area contributed by atoms with Crippen LogP contribution >= 0.6 is 51.2 Å². The summed E-state index contributed by atoms with van der Waals surface area (Å²) >= 11 is 5.17. The summed E-state index contributed by atoms with van der Waals surface area (Å²) in [7, 11) is 1.75. The van der Waals surface area contributed by atoms with Gasteiger partial charge in [-0.25, -0.2) is 0 Å². The van der Waals surface area contributed by atoms with Crippen molar-refractivity contribution in [3.05, 3.63) is 51.0 Å². The van der Waals surface area contributed by atoms with Gasteiger partial charge in [0.15, 0.2) is 17.4 Å². The maximum Gasteiger partial charge on any atom is 0.191 e. The number of fused-ring (bicyclic) bond motifs is 1. The highest BCUT2D eigenvalue weighted by atomic mass is 127. The van der Waals surface area contributed by atoms with Crippen LogP contribution in [0.25, 0.3) is 5.65 Å². The first kappa shape index (κ1) is 18.1. The van der Waals surface area contributed by atoms with Gasteiger partial charge in [0, 0.05) is 18.1 Å². The Labute approximate surface area is 163 Å². The molecule has 0 spiro atoms. The van der Waals surface area contributed by atoms with Crippen molar-refractivity contribution < 1.29 is 0 Å². The number of halogens is 2. The SMILES string of the molecule is CN=C(NCc1ccc(Br)s1)NCc1nnc2ccccn12.I. The molecule has 0 aliphatic heterocycles. The van der Waals surface area contributed by atoms with Crippen LogP contribution in [0.2, 0.25) is 0 Å². The Kier molecular flexibility index (Phi) is 6.78. The number of thiophene rings is 1. The van der Waals surface area contributed by atoms with Crippen LogP contribution in [0.4, 0.5) is 0 Å². The third kappa shape index (κ3) is 4.64. The second-order valence-electron chi connectivity index (χ2n) is 4.53. The second-order valence-corrected chi connectivity index (χ2v) is 7.08. The van der Waals surface area contributed by atoms with Crippen LogP contribution in [-0.2, 0) is 13.1 Å². The molecule has 6 nitrogen and oxygen atoms in total. The van der Waals surface area contributed by atoms with Crippen LogP contribution in [0, 0.1) is 0 Å². The van der Waals surface area contributed by atoms with Crippen molar-refractivity contribution in [2.45, 2.75) is 13.1 Å². The zero-order valence-corrected chi connectivity index (χ0v) is 17.1. The first-order valence-corrected chi connectivity index (χ1v) is 8.34. The predicted molar refractivity (Wildman–Crippen MR) is 107 cm³/mol. The molecule has 3 aromatic rings. The Balaban J connectivity index is 0.00000192. The molecule has 0 fully saturated rings. The Morgan fingerprint density at radius 1 is 1.22 bits per heavy atom. The van der Waals surface area contributed by atoms with E-state index >= 15 is 0 Å². The Hall–Kier alpha value is -1.20. The van der Waals surface area contributed by atoms with Crippen LogP contribution in [0.15, 0.2) is 45.3 Å². The lowest BCUT2D eigenvalue weighted by atomic mass is 10.4. The second kappa shape index (κ2) is 8.60. The molecule has 0 unspecified atom stereocenters. The molecule has 122 valence electrons. The van der Waals surface area contributed by atoms with Crippen molar-refractivity contribution in [2.75, 3.05) is 7.05 Å². The van der Waals surface area contributed by atoms with E-state index in [0.717, 1.165) is 27.8 Å². The number of guanidine groups is 1. The molecule has 0 aliphatic carbocycles. The van der Waals surface area contributed by atoms with Crippen molar-refractivity contribution in [2.24, 2.45) is 4.99 Å². The van der Waals surface area contributed by atoms with Gasteiger partial charge in [-0.2, -0.15) is 0 Å². The first-order valence-electron chi connectivity index (χ1n) is 6.73. The van der Waals surface area contributed by atoms with E-state index in [9.17, 15) is 0 Å². The van der Waals surface area contributed by atoms with Gasteiger partial charge in [-0.1, -0.05) is 6.07 Å². The number of hydrogen-bond donors (Lipinski definition) is 2. The largest absolute Gasteiger partial charge is 0.352 e. The zero-order valence-electron chi connectivity index (χ0n) is 12.4. The maximum atomic E-state index is 4.22. The fourth-order valence-electron chi connectivity index (χ4n) is 2.01. The lowest BCUT2D eigenvalue weighted by molar-refractivity contribution is 0.765. The third-order valence-electron chi connectivity index (χ3n) is 3.08. The highest BCUT2D eigenvalue weighted by Crippen LogP contribution is 2.21. The minimum absolute atomic E-state index is 0. The van der Waals surface area contributed by atoms with Gasteiger partial charge >= 0.3 is 0 Å². The van der Waals surface area contributed by atoms with Gasteiger partial charge in [0.2, 0.25) is 0 Å². The van der Waals surface area contributed by atoms with E-state index in [2.05, 4.69) is 47.8 Å². The van der Waals surface area contributed by atoms with Crippen LogP contribution in [-0.4, -0.2) is 27.6 Å². The average Bonchev–Trinajstić information content (AvgIpc) is 3.14. The van der Waals surface area contributed by atoms with E-state index in [0.29, 0.717) is 6.54 Å². The topological polar surface area (TPSA) is 66.6 Å². The summed E-state index contributed by atoms with van der Waals surface area (Å²) in [5.41, 5.74) is 0.839. The Morgan fingerprint density at radius 2 is 2.04 bits per heavy atom. The van der Waals surface area contributed by atoms with Crippen molar-refractivity contribution in [1.82, 2.24) is 25.2 Å². The summed E-state index contributed by atoms with van der Waals surface area (Å²) in [5.74, 6) is 1.58. The summed E-state index contributed by atoms with van der Waals surface area (Å²) in [6, 6.07) is 9.96. The molecule has 0 bridgehead atoms. The molecule has 0 saturated heterocycles. The van der Waals surface area contributed by atoms with E-state index in [1.165, 1.54) is 4.88 Å². The molecule has 0 amide bonds. The van der Waals surface area contributed by atoms with Gasteiger partial charge in [-0.3, -0.25) is 9.39 Å². The zero-order chi connectivity index (χ0) is 15.4. The van der Waals surface area contributed by atoms with Gasteiger partial charge in [0.1, 0.15) is 0 Å². The molecule has 0 aliphatic rings. The molecule has 3 heterocycles. The van der Waals surface area contributed by atoms with Crippen LogP contribution < -0.4 is 10.6 Å². The van der Waals surface area contributed by atoms with E-state index < -0.39 is 0 Å². The quantitative estimate of drug-likeness (QED) is 0.324. The average molecular weight is 507 g/mol. The normalized spacial score (nSPS) is 11.3. The van der Waals surface area contributed by atoms with E-state index in [1.54, 1.807) is 18.4 Å². The highest BCUT2D eigenvalue weighted by Gasteiger charge is 2.06. The van der Waals surface area contributed by atoms with E-state index in [1.807, 2.05) is 34.9 Å². The van der Waals surface area contributed by atoms with Gasteiger partial charge in [0.05, 0.1) is 16.9 Å². The van der Waals surface area contributed by atoms with Gasteiger partial charge in [0.25, 0.3) is 0 Å². The summed E-state index contributed by atoms with van der Waals surface area (Å²) < 4.78 is 3.08. The number of nitrogens with one attached hydrogen (secondary N) is 2. The van der Waals surface area contributed by atoms with Gasteiger partial charge < -0.3 is 10.6 Å². The molecule has 0 radical (unpaired) electrons. The number of pyridine rings is 1. The number of rotatable bonds is 4. The molecular weight excluding hydrogens is 491 g/mol. The van der Waals surface area contributed by atoms with Gasteiger partial charge in [-0.15, -0.1) is 45.5 Å². The van der Waals surface area contributed by atoms with E-state index in [4.69, 9.17) is 0 Å². The standard InChI is InChI=1S/C14H15BrN6S.HI/c1-16-14(17-8-10-5-6-11(15)22-10)18-9-13-20-19-12-4-2-3-7-21(12)13;/h2-7H,8-9H2,1H3,(H2,16,17,18);1H. The Bertz CT molecular complexity index is 799. The highest BCUT2D eigenvalue weighted by molar-refractivity contribution is 14.0. The fourth-order valence-corrected chi connectivity index (χ4v) is 3.44. The molecule has 9 heteroatoms. The molecular formula is C14H16BrIN6S. The van der Waals surface area contributed by atoms with Crippen LogP contribution in [0.1, 0.15) is 10.7 Å². The fraction of sp³-hybridized carbons (Fsp3) is 0.214. The van der Waals surface area contributed by atoms with Gasteiger partial charge in [-0.05, 0) is 40.2 Å². The summed E-state index contributed by atoms with van der Waals surface area (Å²) in [4.78, 5) is 5.46. The molecule has 0 atom stereocenters. The molecule has 0 aromatic carbocycles. The summed E-state index contributed by atoms with van der Waals surface area (Å²) in [6.07, 6.45) is 1.95. The maximum absolute atomic E-state index is 4.22. The van der Waals surface area contributed by atoms with Crippen molar-refractivity contribution in [3.63, 3.8) is 0 Å². The molecule has 3 aromatic heterocycles. The third-order valence-corrected chi connectivity index (χ3v) is 4.70. The lowest BCUT2D eigenvalue weighted by Gasteiger charge is -2.10. The predicted octanol–water partition coefficient (Wildman–Crippen LogP) is 3.04.